The number of nitrogens with zero attached hydrogens (tertiary/aromatic N) is 1. The highest BCUT2D eigenvalue weighted by molar-refractivity contribution is 9.10. The fourth-order valence-corrected chi connectivity index (χ4v) is 2.36. The van der Waals surface area contributed by atoms with Crippen molar-refractivity contribution in [3.63, 3.8) is 0 Å². The highest BCUT2D eigenvalue weighted by Gasteiger charge is 2.18. The van der Waals surface area contributed by atoms with E-state index in [1.165, 1.54) is 4.90 Å². The number of benzene rings is 2. The fourth-order valence-electron chi connectivity index (χ4n) is 1.79. The van der Waals surface area contributed by atoms with Gasteiger partial charge in [-0.1, -0.05) is 23.7 Å². The van der Waals surface area contributed by atoms with Crippen molar-refractivity contribution in [3.8, 4) is 5.75 Å². The molecule has 0 fully saturated rings. The largest absolute Gasteiger partial charge is 0.497 e. The van der Waals surface area contributed by atoms with Crippen LogP contribution in [-0.2, 0) is 0 Å². The zero-order valence-electron chi connectivity index (χ0n) is 11.1. The van der Waals surface area contributed by atoms with E-state index in [4.69, 9.17) is 16.3 Å². The van der Waals surface area contributed by atoms with Crippen LogP contribution in [0.15, 0.2) is 46.9 Å². The molecule has 0 bridgehead atoms. The Morgan fingerprint density at radius 3 is 2.65 bits per heavy atom. The summed E-state index contributed by atoms with van der Waals surface area (Å²) in [6.45, 7) is 0. The Hall–Kier alpha value is -1.52. The number of amides is 1. The van der Waals surface area contributed by atoms with Gasteiger partial charge in [0.25, 0.3) is 5.91 Å². The third kappa shape index (κ3) is 2.97. The van der Waals surface area contributed by atoms with Crippen LogP contribution in [0, 0.1) is 0 Å². The number of hydrogen-bond donors (Lipinski definition) is 0. The van der Waals surface area contributed by atoms with Crippen molar-refractivity contribution in [1.82, 2.24) is 0 Å². The van der Waals surface area contributed by atoms with Crippen LogP contribution >= 0.6 is 27.5 Å². The lowest BCUT2D eigenvalue weighted by atomic mass is 10.2. The Bertz CT molecular complexity index is 646. The summed E-state index contributed by atoms with van der Waals surface area (Å²) in [5, 5.41) is 0.409. The van der Waals surface area contributed by atoms with Crippen LogP contribution in [0.2, 0.25) is 5.02 Å². The van der Waals surface area contributed by atoms with E-state index in [2.05, 4.69) is 15.9 Å². The Morgan fingerprint density at radius 2 is 1.95 bits per heavy atom. The summed E-state index contributed by atoms with van der Waals surface area (Å²) in [5.41, 5.74) is 1.19. The maximum absolute atomic E-state index is 12.5. The summed E-state index contributed by atoms with van der Waals surface area (Å²) < 4.78 is 5.86. The van der Waals surface area contributed by atoms with E-state index in [0.29, 0.717) is 20.8 Å². The molecule has 2 aromatic rings. The van der Waals surface area contributed by atoms with Crippen LogP contribution in [0.5, 0.6) is 5.75 Å². The van der Waals surface area contributed by atoms with Crippen molar-refractivity contribution in [1.29, 1.82) is 0 Å². The van der Waals surface area contributed by atoms with Crippen molar-refractivity contribution in [2.45, 2.75) is 0 Å². The van der Waals surface area contributed by atoms with Crippen LogP contribution < -0.4 is 9.64 Å². The number of carbonyl (C=O) groups excluding carboxylic acids is 1. The molecular weight excluding hydrogens is 342 g/mol. The molecule has 0 saturated heterocycles. The van der Waals surface area contributed by atoms with E-state index in [1.54, 1.807) is 38.4 Å². The molecule has 2 rings (SSSR count). The highest BCUT2D eigenvalue weighted by Crippen LogP contribution is 2.28. The molecule has 0 spiro atoms. The molecular formula is C15H13BrClNO2. The first-order valence-electron chi connectivity index (χ1n) is 5.90. The molecule has 0 aliphatic heterocycles. The van der Waals surface area contributed by atoms with E-state index < -0.39 is 0 Å². The second-order valence-electron chi connectivity index (χ2n) is 4.17. The smallest absolute Gasteiger partial charge is 0.259 e. The minimum absolute atomic E-state index is 0.176. The molecule has 0 atom stereocenters. The van der Waals surface area contributed by atoms with Gasteiger partial charge in [-0.2, -0.15) is 0 Å². The first-order chi connectivity index (χ1) is 9.54. The number of carbonyl (C=O) groups is 1. The van der Waals surface area contributed by atoms with Crippen molar-refractivity contribution in [2.24, 2.45) is 0 Å². The topological polar surface area (TPSA) is 29.5 Å². The van der Waals surface area contributed by atoms with Gasteiger partial charge in [0.15, 0.2) is 0 Å². The lowest BCUT2D eigenvalue weighted by Gasteiger charge is -2.19. The van der Waals surface area contributed by atoms with Crippen LogP contribution in [0.3, 0.4) is 0 Å². The van der Waals surface area contributed by atoms with Gasteiger partial charge in [0, 0.05) is 23.3 Å². The maximum Gasteiger partial charge on any atom is 0.259 e. The van der Waals surface area contributed by atoms with Gasteiger partial charge in [-0.3, -0.25) is 4.79 Å². The summed E-state index contributed by atoms with van der Waals surface area (Å²) in [6, 6.07) is 12.6. The predicted molar refractivity (Wildman–Crippen MR) is 84.9 cm³/mol. The summed E-state index contributed by atoms with van der Waals surface area (Å²) in [5.74, 6) is 0.520. The molecule has 0 aliphatic carbocycles. The van der Waals surface area contributed by atoms with Gasteiger partial charge < -0.3 is 9.64 Å². The fraction of sp³-hybridized carbons (Fsp3) is 0.133. The Labute approximate surface area is 131 Å². The van der Waals surface area contributed by atoms with Crippen LogP contribution in [-0.4, -0.2) is 20.1 Å². The minimum atomic E-state index is -0.176. The molecule has 3 nitrogen and oxygen atoms in total. The van der Waals surface area contributed by atoms with Gasteiger partial charge in [-0.25, -0.2) is 0 Å². The average Bonchev–Trinajstić information content (AvgIpc) is 2.48. The highest BCUT2D eigenvalue weighted by atomic mass is 79.9. The molecule has 0 aliphatic rings. The molecule has 20 heavy (non-hydrogen) atoms. The van der Waals surface area contributed by atoms with Gasteiger partial charge in [-0.15, -0.1) is 0 Å². The number of halogens is 2. The lowest BCUT2D eigenvalue weighted by Crippen LogP contribution is -2.26. The Kier molecular flexibility index (Phi) is 4.68. The second kappa shape index (κ2) is 6.29. The van der Waals surface area contributed by atoms with Crippen molar-refractivity contribution >= 4 is 39.1 Å². The molecule has 0 heterocycles. The molecule has 104 valence electrons. The molecule has 0 N–H and O–H groups in total. The van der Waals surface area contributed by atoms with Gasteiger partial charge >= 0.3 is 0 Å². The first kappa shape index (κ1) is 14.9. The van der Waals surface area contributed by atoms with Crippen molar-refractivity contribution in [2.75, 3.05) is 19.1 Å². The Morgan fingerprint density at radius 1 is 1.25 bits per heavy atom. The van der Waals surface area contributed by atoms with Crippen LogP contribution in [0.25, 0.3) is 0 Å². The molecule has 0 saturated carbocycles. The Balaban J connectivity index is 2.35. The lowest BCUT2D eigenvalue weighted by molar-refractivity contribution is 0.0993. The summed E-state index contributed by atoms with van der Waals surface area (Å²) in [6.07, 6.45) is 0. The van der Waals surface area contributed by atoms with Crippen LogP contribution in [0.1, 0.15) is 10.4 Å². The van der Waals surface area contributed by atoms with Gasteiger partial charge in [-0.05, 0) is 40.2 Å². The van der Waals surface area contributed by atoms with Gasteiger partial charge in [0.1, 0.15) is 5.75 Å². The summed E-state index contributed by atoms with van der Waals surface area (Å²) in [4.78, 5) is 14.0. The number of rotatable bonds is 3. The van der Waals surface area contributed by atoms with Crippen LogP contribution in [0.4, 0.5) is 5.69 Å². The number of methoxy groups -OCH3 is 1. The zero-order valence-corrected chi connectivity index (χ0v) is 13.4. The van der Waals surface area contributed by atoms with E-state index >= 15 is 0 Å². The van der Waals surface area contributed by atoms with Gasteiger partial charge in [0.2, 0.25) is 0 Å². The zero-order chi connectivity index (χ0) is 14.7. The van der Waals surface area contributed by atoms with E-state index in [0.717, 1.165) is 5.69 Å². The third-order valence-corrected chi connectivity index (χ3v) is 4.22. The molecule has 1 amide bonds. The molecule has 0 radical (unpaired) electrons. The number of anilines is 1. The molecule has 5 heteroatoms. The predicted octanol–water partition coefficient (Wildman–Crippen LogP) is 4.39. The van der Waals surface area contributed by atoms with E-state index in [9.17, 15) is 4.79 Å². The SMILES string of the molecule is COc1cccc(N(C)C(=O)c2cccc(Br)c2Cl)c1. The standard InChI is InChI=1S/C15H13BrClNO2/c1-18(10-5-3-6-11(9-10)20-2)15(19)12-7-4-8-13(16)14(12)17/h3-9H,1-2H3. The average molecular weight is 355 g/mol. The summed E-state index contributed by atoms with van der Waals surface area (Å²) >= 11 is 9.48. The first-order valence-corrected chi connectivity index (χ1v) is 7.08. The summed E-state index contributed by atoms with van der Waals surface area (Å²) in [7, 11) is 3.29. The molecule has 2 aromatic carbocycles. The molecule has 0 aromatic heterocycles. The van der Waals surface area contributed by atoms with Crippen molar-refractivity contribution in [3.05, 3.63) is 57.5 Å². The van der Waals surface area contributed by atoms with E-state index in [-0.39, 0.29) is 5.91 Å². The monoisotopic (exact) mass is 353 g/mol. The number of ether oxygens (including phenoxy) is 1. The second-order valence-corrected chi connectivity index (χ2v) is 5.40. The normalized spacial score (nSPS) is 10.2. The third-order valence-electron chi connectivity index (χ3n) is 2.93. The molecule has 0 unspecified atom stereocenters. The maximum atomic E-state index is 12.5. The van der Waals surface area contributed by atoms with Gasteiger partial charge in [0.05, 0.1) is 17.7 Å². The quantitative estimate of drug-likeness (QED) is 0.818. The number of hydrogen-bond acceptors (Lipinski definition) is 2. The van der Waals surface area contributed by atoms with E-state index in [1.807, 2.05) is 18.2 Å². The minimum Gasteiger partial charge on any atom is -0.497 e. The van der Waals surface area contributed by atoms with Crippen molar-refractivity contribution < 1.29 is 9.53 Å².